The fraction of sp³-hybridized carbons (Fsp3) is 0.214. The van der Waals surface area contributed by atoms with E-state index in [1.54, 1.807) is 11.3 Å². The Morgan fingerprint density at radius 3 is 2.72 bits per heavy atom. The SMILES string of the molecule is NC(CCC(=O)Nc1ccsc1)c1ccccc1. The Morgan fingerprint density at radius 1 is 1.28 bits per heavy atom. The molecule has 0 spiro atoms. The van der Waals surface area contributed by atoms with Gasteiger partial charge in [0.05, 0.1) is 5.69 Å². The van der Waals surface area contributed by atoms with E-state index in [2.05, 4.69) is 5.32 Å². The number of hydrogen-bond acceptors (Lipinski definition) is 3. The van der Waals surface area contributed by atoms with E-state index in [4.69, 9.17) is 5.73 Å². The standard InChI is InChI=1S/C14H16N2OS/c15-13(11-4-2-1-3-5-11)6-7-14(17)16-12-8-9-18-10-12/h1-5,8-10,13H,6-7,15H2,(H,16,17). The minimum atomic E-state index is -0.0839. The maximum absolute atomic E-state index is 11.7. The summed E-state index contributed by atoms with van der Waals surface area (Å²) in [4.78, 5) is 11.7. The molecule has 0 radical (unpaired) electrons. The van der Waals surface area contributed by atoms with Crippen molar-refractivity contribution in [1.82, 2.24) is 0 Å². The molecule has 0 aliphatic rings. The van der Waals surface area contributed by atoms with Gasteiger partial charge in [-0.3, -0.25) is 4.79 Å². The largest absolute Gasteiger partial charge is 0.325 e. The molecule has 2 aromatic rings. The van der Waals surface area contributed by atoms with Crippen LogP contribution in [0.5, 0.6) is 0 Å². The number of carbonyl (C=O) groups excluding carboxylic acids is 1. The molecule has 4 heteroatoms. The molecule has 0 aliphatic heterocycles. The summed E-state index contributed by atoms with van der Waals surface area (Å²) < 4.78 is 0. The van der Waals surface area contributed by atoms with Crippen molar-refractivity contribution in [3.05, 3.63) is 52.7 Å². The summed E-state index contributed by atoms with van der Waals surface area (Å²) in [6.45, 7) is 0. The predicted octanol–water partition coefficient (Wildman–Crippen LogP) is 3.17. The number of nitrogens with one attached hydrogen (secondary N) is 1. The van der Waals surface area contributed by atoms with Gasteiger partial charge in [0.2, 0.25) is 5.91 Å². The number of amides is 1. The number of thiophene rings is 1. The zero-order valence-electron chi connectivity index (χ0n) is 10.0. The van der Waals surface area contributed by atoms with E-state index >= 15 is 0 Å². The molecule has 1 amide bonds. The van der Waals surface area contributed by atoms with Gasteiger partial charge in [-0.2, -0.15) is 11.3 Å². The lowest BCUT2D eigenvalue weighted by atomic mass is 10.0. The summed E-state index contributed by atoms with van der Waals surface area (Å²) in [7, 11) is 0. The highest BCUT2D eigenvalue weighted by Crippen LogP contribution is 2.16. The van der Waals surface area contributed by atoms with E-state index in [1.165, 1.54) is 0 Å². The average molecular weight is 260 g/mol. The highest BCUT2D eigenvalue weighted by molar-refractivity contribution is 7.08. The van der Waals surface area contributed by atoms with Gasteiger partial charge in [-0.05, 0) is 23.4 Å². The third-order valence-corrected chi connectivity index (χ3v) is 3.40. The van der Waals surface area contributed by atoms with Crippen molar-refractivity contribution in [2.75, 3.05) is 5.32 Å². The van der Waals surface area contributed by atoms with Crippen molar-refractivity contribution in [3.63, 3.8) is 0 Å². The molecule has 18 heavy (non-hydrogen) atoms. The molecular weight excluding hydrogens is 244 g/mol. The van der Waals surface area contributed by atoms with Gasteiger partial charge in [0.1, 0.15) is 0 Å². The first-order chi connectivity index (χ1) is 8.75. The van der Waals surface area contributed by atoms with E-state index in [0.717, 1.165) is 11.3 Å². The van der Waals surface area contributed by atoms with Crippen molar-refractivity contribution in [2.24, 2.45) is 5.73 Å². The van der Waals surface area contributed by atoms with Gasteiger partial charge in [0.25, 0.3) is 0 Å². The third-order valence-electron chi connectivity index (χ3n) is 2.72. The van der Waals surface area contributed by atoms with Gasteiger partial charge in [-0.1, -0.05) is 30.3 Å². The normalized spacial score (nSPS) is 12.1. The number of rotatable bonds is 5. The van der Waals surface area contributed by atoms with E-state index in [0.29, 0.717) is 12.8 Å². The molecule has 1 atom stereocenters. The van der Waals surface area contributed by atoms with Crippen LogP contribution in [0.2, 0.25) is 0 Å². The van der Waals surface area contributed by atoms with Crippen LogP contribution in [0.1, 0.15) is 24.4 Å². The topological polar surface area (TPSA) is 55.1 Å². The Hall–Kier alpha value is -1.65. The smallest absolute Gasteiger partial charge is 0.224 e. The molecule has 0 saturated heterocycles. The molecule has 3 nitrogen and oxygen atoms in total. The summed E-state index contributed by atoms with van der Waals surface area (Å²) in [6, 6.07) is 11.7. The van der Waals surface area contributed by atoms with Crippen molar-refractivity contribution in [1.29, 1.82) is 0 Å². The van der Waals surface area contributed by atoms with Crippen molar-refractivity contribution in [2.45, 2.75) is 18.9 Å². The Bertz CT molecular complexity index is 482. The number of nitrogens with two attached hydrogens (primary N) is 1. The minimum Gasteiger partial charge on any atom is -0.325 e. The maximum Gasteiger partial charge on any atom is 0.224 e. The third kappa shape index (κ3) is 3.68. The fourth-order valence-corrected chi connectivity index (χ4v) is 2.30. The van der Waals surface area contributed by atoms with Crippen LogP contribution < -0.4 is 11.1 Å². The van der Waals surface area contributed by atoms with Crippen molar-refractivity contribution in [3.8, 4) is 0 Å². The van der Waals surface area contributed by atoms with Crippen LogP contribution in [0.4, 0.5) is 5.69 Å². The van der Waals surface area contributed by atoms with Crippen LogP contribution in [-0.4, -0.2) is 5.91 Å². The molecule has 94 valence electrons. The fourth-order valence-electron chi connectivity index (χ4n) is 1.71. The van der Waals surface area contributed by atoms with Crippen molar-refractivity contribution >= 4 is 22.9 Å². The zero-order chi connectivity index (χ0) is 12.8. The first-order valence-electron chi connectivity index (χ1n) is 5.88. The van der Waals surface area contributed by atoms with Crippen LogP contribution in [0, 0.1) is 0 Å². The highest BCUT2D eigenvalue weighted by atomic mass is 32.1. The quantitative estimate of drug-likeness (QED) is 0.867. The van der Waals surface area contributed by atoms with Gasteiger partial charge in [0, 0.05) is 17.8 Å². The molecule has 1 unspecified atom stereocenters. The van der Waals surface area contributed by atoms with E-state index < -0.39 is 0 Å². The molecule has 0 saturated carbocycles. The predicted molar refractivity (Wildman–Crippen MR) is 75.6 cm³/mol. The highest BCUT2D eigenvalue weighted by Gasteiger charge is 2.09. The lowest BCUT2D eigenvalue weighted by Crippen LogP contribution is -2.16. The van der Waals surface area contributed by atoms with Crippen LogP contribution in [-0.2, 0) is 4.79 Å². The number of benzene rings is 1. The average Bonchev–Trinajstić information content (AvgIpc) is 2.90. The lowest BCUT2D eigenvalue weighted by molar-refractivity contribution is -0.116. The molecule has 2 rings (SSSR count). The first-order valence-corrected chi connectivity index (χ1v) is 6.82. The molecular formula is C14H16N2OS. The Morgan fingerprint density at radius 2 is 2.06 bits per heavy atom. The number of anilines is 1. The summed E-state index contributed by atoms with van der Waals surface area (Å²) in [6.07, 6.45) is 1.09. The van der Waals surface area contributed by atoms with Gasteiger partial charge >= 0.3 is 0 Å². The van der Waals surface area contributed by atoms with E-state index in [9.17, 15) is 4.79 Å². The summed E-state index contributed by atoms with van der Waals surface area (Å²) in [5.41, 5.74) is 7.97. The van der Waals surface area contributed by atoms with Gasteiger partial charge in [-0.15, -0.1) is 0 Å². The van der Waals surface area contributed by atoms with Gasteiger partial charge < -0.3 is 11.1 Å². The summed E-state index contributed by atoms with van der Waals surface area (Å²) in [5.74, 6) is 0.0137. The molecule has 0 fully saturated rings. The minimum absolute atomic E-state index is 0.0137. The number of carbonyl (C=O) groups is 1. The van der Waals surface area contributed by atoms with Gasteiger partial charge in [-0.25, -0.2) is 0 Å². The molecule has 1 aromatic heterocycles. The van der Waals surface area contributed by atoms with E-state index in [1.807, 2.05) is 47.2 Å². The van der Waals surface area contributed by atoms with Gasteiger partial charge in [0.15, 0.2) is 0 Å². The van der Waals surface area contributed by atoms with Crippen LogP contribution >= 0.6 is 11.3 Å². The number of hydrogen-bond donors (Lipinski definition) is 2. The molecule has 1 heterocycles. The summed E-state index contributed by atoms with van der Waals surface area (Å²) >= 11 is 1.56. The van der Waals surface area contributed by atoms with Crippen LogP contribution in [0.3, 0.4) is 0 Å². The van der Waals surface area contributed by atoms with Crippen LogP contribution in [0.15, 0.2) is 47.2 Å². The Kier molecular flexibility index (Phi) is 4.50. The second kappa shape index (κ2) is 6.33. The molecule has 0 aliphatic carbocycles. The molecule has 3 N–H and O–H groups in total. The molecule has 0 bridgehead atoms. The Balaban J connectivity index is 1.79. The van der Waals surface area contributed by atoms with E-state index in [-0.39, 0.29) is 11.9 Å². The molecule has 1 aromatic carbocycles. The second-order valence-corrected chi connectivity index (χ2v) is 4.90. The Labute approximate surface area is 111 Å². The van der Waals surface area contributed by atoms with Crippen LogP contribution in [0.25, 0.3) is 0 Å². The van der Waals surface area contributed by atoms with Crippen molar-refractivity contribution < 1.29 is 4.79 Å². The monoisotopic (exact) mass is 260 g/mol. The zero-order valence-corrected chi connectivity index (χ0v) is 10.8. The maximum atomic E-state index is 11.7. The summed E-state index contributed by atoms with van der Waals surface area (Å²) in [5, 5.41) is 6.69. The second-order valence-electron chi connectivity index (χ2n) is 4.12. The lowest BCUT2D eigenvalue weighted by Gasteiger charge is -2.11. The first kappa shape index (κ1) is 12.8.